The van der Waals surface area contributed by atoms with Gasteiger partial charge in [0, 0.05) is 43.2 Å². The molecule has 0 radical (unpaired) electrons. The SMILES string of the molecule is O=Cc1cc(Br)c(-c2nc3c4cccnc4c4ncccc4c3[nH]2)cc1Br. The maximum atomic E-state index is 11.2. The molecule has 27 heavy (non-hydrogen) atoms. The molecule has 0 aliphatic carbocycles. The van der Waals surface area contributed by atoms with Gasteiger partial charge in [0.1, 0.15) is 5.82 Å². The van der Waals surface area contributed by atoms with E-state index in [2.05, 4.69) is 46.8 Å². The Balaban J connectivity index is 1.90. The molecule has 3 aromatic heterocycles. The van der Waals surface area contributed by atoms with Crippen LogP contribution < -0.4 is 0 Å². The Hall–Kier alpha value is -2.64. The van der Waals surface area contributed by atoms with Crippen molar-refractivity contribution in [2.24, 2.45) is 0 Å². The number of imidazole rings is 1. The molecule has 0 atom stereocenters. The number of rotatable bonds is 2. The van der Waals surface area contributed by atoms with Crippen LogP contribution in [0.5, 0.6) is 0 Å². The highest BCUT2D eigenvalue weighted by Gasteiger charge is 2.17. The molecule has 3 heterocycles. The van der Waals surface area contributed by atoms with Gasteiger partial charge in [-0.1, -0.05) is 31.9 Å². The Bertz CT molecular complexity index is 1300. The Morgan fingerprint density at radius 2 is 1.59 bits per heavy atom. The molecule has 0 bridgehead atoms. The maximum Gasteiger partial charge on any atom is 0.151 e. The van der Waals surface area contributed by atoms with Gasteiger partial charge in [0.15, 0.2) is 6.29 Å². The van der Waals surface area contributed by atoms with Gasteiger partial charge in [-0.2, -0.15) is 0 Å². The first kappa shape index (κ1) is 16.5. The van der Waals surface area contributed by atoms with E-state index in [4.69, 9.17) is 4.98 Å². The van der Waals surface area contributed by atoms with Crippen molar-refractivity contribution in [3.63, 3.8) is 0 Å². The number of aldehydes is 1. The molecule has 5 rings (SSSR count). The number of hydrogen-bond acceptors (Lipinski definition) is 4. The summed E-state index contributed by atoms with van der Waals surface area (Å²) < 4.78 is 1.51. The number of hydrogen-bond donors (Lipinski definition) is 1. The fourth-order valence-corrected chi connectivity index (χ4v) is 4.29. The molecule has 0 saturated heterocycles. The molecular weight excluding hydrogens is 472 g/mol. The van der Waals surface area contributed by atoms with Crippen LogP contribution in [0, 0.1) is 0 Å². The molecule has 0 saturated carbocycles. The second-order valence-electron chi connectivity index (χ2n) is 6.08. The van der Waals surface area contributed by atoms with Crippen LogP contribution >= 0.6 is 31.9 Å². The molecule has 0 fully saturated rings. The first-order valence-corrected chi connectivity index (χ1v) is 9.71. The van der Waals surface area contributed by atoms with Crippen LogP contribution in [0.1, 0.15) is 10.4 Å². The molecule has 0 unspecified atom stereocenters. The topological polar surface area (TPSA) is 71.5 Å². The van der Waals surface area contributed by atoms with E-state index in [0.717, 1.165) is 49.2 Å². The Morgan fingerprint density at radius 1 is 0.889 bits per heavy atom. The summed E-state index contributed by atoms with van der Waals surface area (Å²) in [5.74, 6) is 0.705. The van der Waals surface area contributed by atoms with Gasteiger partial charge in [-0.05, 0) is 36.4 Å². The molecular formula is C20H10Br2N4O. The maximum absolute atomic E-state index is 11.2. The van der Waals surface area contributed by atoms with Crippen molar-refractivity contribution in [2.45, 2.75) is 0 Å². The highest BCUT2D eigenvalue weighted by Crippen LogP contribution is 2.36. The zero-order chi connectivity index (χ0) is 18.5. The molecule has 1 N–H and O–H groups in total. The lowest BCUT2D eigenvalue weighted by Gasteiger charge is -2.04. The van der Waals surface area contributed by atoms with Crippen molar-refractivity contribution in [1.82, 2.24) is 19.9 Å². The fourth-order valence-electron chi connectivity index (χ4n) is 3.31. The molecule has 5 aromatic rings. The zero-order valence-electron chi connectivity index (χ0n) is 13.7. The minimum Gasteiger partial charge on any atom is -0.337 e. The van der Waals surface area contributed by atoms with Gasteiger partial charge in [0.05, 0.1) is 22.1 Å². The predicted molar refractivity (Wildman–Crippen MR) is 113 cm³/mol. The second-order valence-corrected chi connectivity index (χ2v) is 7.79. The summed E-state index contributed by atoms with van der Waals surface area (Å²) in [5.41, 5.74) is 4.86. The number of fused-ring (bicyclic) bond motifs is 6. The van der Waals surface area contributed by atoms with Crippen LogP contribution in [-0.4, -0.2) is 26.2 Å². The number of aromatic amines is 1. The number of carbonyl (C=O) groups is 1. The molecule has 7 heteroatoms. The minimum absolute atomic E-state index is 0.575. The first-order chi connectivity index (χ1) is 13.2. The molecule has 130 valence electrons. The summed E-state index contributed by atoms with van der Waals surface area (Å²) in [6.07, 6.45) is 4.35. The molecule has 0 aliphatic rings. The van der Waals surface area contributed by atoms with Crippen LogP contribution in [0.2, 0.25) is 0 Å². The van der Waals surface area contributed by atoms with E-state index in [9.17, 15) is 4.79 Å². The number of carbonyl (C=O) groups excluding carboxylic acids is 1. The van der Waals surface area contributed by atoms with Gasteiger partial charge in [0.25, 0.3) is 0 Å². The zero-order valence-corrected chi connectivity index (χ0v) is 16.9. The summed E-state index contributed by atoms with van der Waals surface area (Å²) in [6.45, 7) is 0. The van der Waals surface area contributed by atoms with Crippen molar-refractivity contribution in [2.75, 3.05) is 0 Å². The number of nitrogens with zero attached hydrogens (tertiary/aromatic N) is 3. The summed E-state index contributed by atoms with van der Waals surface area (Å²) >= 11 is 7.00. The number of H-pyrrole nitrogens is 1. The second kappa shape index (κ2) is 6.21. The van der Waals surface area contributed by atoms with E-state index in [1.54, 1.807) is 18.5 Å². The quantitative estimate of drug-likeness (QED) is 0.260. The summed E-state index contributed by atoms with van der Waals surface area (Å²) in [4.78, 5) is 28.5. The van der Waals surface area contributed by atoms with Crippen molar-refractivity contribution in [1.29, 1.82) is 0 Å². The number of nitrogens with one attached hydrogen (secondary N) is 1. The molecule has 2 aromatic carbocycles. The van der Waals surface area contributed by atoms with Crippen LogP contribution in [0.15, 0.2) is 57.7 Å². The lowest BCUT2D eigenvalue weighted by molar-refractivity contribution is 0.112. The van der Waals surface area contributed by atoms with Gasteiger partial charge < -0.3 is 4.98 Å². The third-order valence-corrected chi connectivity index (χ3v) is 5.88. The monoisotopic (exact) mass is 480 g/mol. The van der Waals surface area contributed by atoms with Gasteiger partial charge in [-0.15, -0.1) is 0 Å². The Kier molecular flexibility index (Phi) is 3.80. The smallest absolute Gasteiger partial charge is 0.151 e. The number of halogens is 2. The van der Waals surface area contributed by atoms with Crippen LogP contribution in [0.4, 0.5) is 0 Å². The van der Waals surface area contributed by atoms with Crippen LogP contribution in [0.25, 0.3) is 44.2 Å². The number of benzene rings is 2. The predicted octanol–water partition coefficient (Wildman–Crippen LogP) is 5.66. The molecule has 0 amide bonds. The van der Waals surface area contributed by atoms with Crippen molar-refractivity contribution >= 4 is 71.0 Å². The van der Waals surface area contributed by atoms with Crippen molar-refractivity contribution in [3.8, 4) is 11.4 Å². The van der Waals surface area contributed by atoms with E-state index in [1.165, 1.54) is 0 Å². The average Bonchev–Trinajstić information content (AvgIpc) is 3.15. The Labute approximate surface area is 170 Å². The van der Waals surface area contributed by atoms with Gasteiger partial charge >= 0.3 is 0 Å². The van der Waals surface area contributed by atoms with Crippen molar-refractivity contribution in [3.05, 3.63) is 63.3 Å². The number of pyridine rings is 2. The van der Waals surface area contributed by atoms with E-state index in [0.29, 0.717) is 15.9 Å². The number of aromatic nitrogens is 4. The largest absolute Gasteiger partial charge is 0.337 e. The molecule has 0 aliphatic heterocycles. The third-order valence-electron chi connectivity index (χ3n) is 4.54. The summed E-state index contributed by atoms with van der Waals surface area (Å²) in [6, 6.07) is 11.5. The fraction of sp³-hybridized carbons (Fsp3) is 0. The summed E-state index contributed by atoms with van der Waals surface area (Å²) in [7, 11) is 0. The molecule has 0 spiro atoms. The highest BCUT2D eigenvalue weighted by atomic mass is 79.9. The average molecular weight is 482 g/mol. The summed E-state index contributed by atoms with van der Waals surface area (Å²) in [5, 5.41) is 1.91. The standard InChI is InChI=1S/C20H10Br2N4O/c21-14-8-13(15(22)7-10(14)9-27)20-25-18-11-3-1-5-23-16(11)17-12(19(18)26-20)4-2-6-24-17/h1-9H,(H,25,26). The van der Waals surface area contributed by atoms with Gasteiger partial charge in [-0.25, -0.2) is 4.98 Å². The van der Waals surface area contributed by atoms with Crippen molar-refractivity contribution < 1.29 is 4.79 Å². The van der Waals surface area contributed by atoms with Gasteiger partial charge in [-0.3, -0.25) is 14.8 Å². The first-order valence-electron chi connectivity index (χ1n) is 8.13. The van der Waals surface area contributed by atoms with Crippen LogP contribution in [-0.2, 0) is 0 Å². The van der Waals surface area contributed by atoms with E-state index in [-0.39, 0.29) is 0 Å². The normalized spacial score (nSPS) is 11.5. The van der Waals surface area contributed by atoms with Crippen LogP contribution in [0.3, 0.4) is 0 Å². The van der Waals surface area contributed by atoms with Gasteiger partial charge in [0.2, 0.25) is 0 Å². The van der Waals surface area contributed by atoms with E-state index >= 15 is 0 Å². The Morgan fingerprint density at radius 3 is 2.33 bits per heavy atom. The lowest BCUT2D eigenvalue weighted by atomic mass is 10.1. The molecule has 5 nitrogen and oxygen atoms in total. The third kappa shape index (κ3) is 2.49. The minimum atomic E-state index is 0.575. The van der Waals surface area contributed by atoms with E-state index < -0.39 is 0 Å². The lowest BCUT2D eigenvalue weighted by Crippen LogP contribution is -1.88. The van der Waals surface area contributed by atoms with E-state index in [1.807, 2.05) is 30.3 Å². The highest BCUT2D eigenvalue weighted by molar-refractivity contribution is 9.11.